The number of benzene rings is 1. The first kappa shape index (κ1) is 23.0. The molecule has 3 heterocycles. The molecule has 5 rings (SSSR count). The maximum atomic E-state index is 13.3. The Morgan fingerprint density at radius 1 is 1.18 bits per heavy atom. The van der Waals surface area contributed by atoms with E-state index in [0.717, 1.165) is 32.4 Å². The van der Waals surface area contributed by atoms with E-state index in [9.17, 15) is 9.90 Å². The fourth-order valence-electron chi connectivity index (χ4n) is 6.27. The molecule has 3 aliphatic rings. The van der Waals surface area contributed by atoms with E-state index in [4.69, 9.17) is 0 Å². The number of pyridine rings is 1. The predicted octanol–water partition coefficient (Wildman–Crippen LogP) is 4.34. The minimum absolute atomic E-state index is 0.0491. The van der Waals surface area contributed by atoms with Crippen molar-refractivity contribution in [2.45, 2.75) is 45.2 Å². The van der Waals surface area contributed by atoms with Crippen LogP contribution in [0.1, 0.15) is 47.7 Å². The van der Waals surface area contributed by atoms with Gasteiger partial charge < -0.3 is 10.0 Å². The third kappa shape index (κ3) is 4.23. The van der Waals surface area contributed by atoms with Gasteiger partial charge in [0.2, 0.25) is 0 Å². The van der Waals surface area contributed by atoms with Gasteiger partial charge in [0, 0.05) is 49.0 Å². The Labute approximate surface area is 202 Å². The molecule has 2 saturated heterocycles. The molecule has 178 valence electrons. The zero-order valence-electron chi connectivity index (χ0n) is 20.2. The Kier molecular flexibility index (Phi) is 6.41. The second-order valence-corrected chi connectivity index (χ2v) is 10.3. The number of aromatic nitrogens is 1. The van der Waals surface area contributed by atoms with Crippen LogP contribution in [-0.2, 0) is 0 Å². The number of amides is 1. The molecule has 2 aliphatic heterocycles. The molecule has 4 atom stereocenters. The molecule has 0 spiro atoms. The first-order valence-electron chi connectivity index (χ1n) is 12.5. The first-order chi connectivity index (χ1) is 16.5. The normalized spacial score (nSPS) is 29.4. The van der Waals surface area contributed by atoms with Gasteiger partial charge in [-0.2, -0.15) is 0 Å². The van der Waals surface area contributed by atoms with Crippen LogP contribution in [0, 0.1) is 18.3 Å². The van der Waals surface area contributed by atoms with E-state index in [-0.39, 0.29) is 30.0 Å². The van der Waals surface area contributed by atoms with Crippen molar-refractivity contribution in [1.29, 1.82) is 0 Å². The number of carbonyl (C=O) groups is 1. The maximum absolute atomic E-state index is 13.3. The number of carbonyl (C=O) groups excluding carboxylic acids is 1. The number of aliphatic hydroxyl groups excluding tert-OH is 1. The van der Waals surface area contributed by atoms with E-state index >= 15 is 0 Å². The zero-order chi connectivity index (χ0) is 23.7. The maximum Gasteiger partial charge on any atom is 0.254 e. The number of hydrogen-bond donors (Lipinski definition) is 1. The average molecular weight is 458 g/mol. The van der Waals surface area contributed by atoms with Gasteiger partial charge in [-0.3, -0.25) is 14.7 Å². The highest BCUT2D eigenvalue weighted by Crippen LogP contribution is 2.50. The minimum Gasteiger partial charge on any atom is -0.395 e. The highest BCUT2D eigenvalue weighted by molar-refractivity contribution is 5.94. The van der Waals surface area contributed by atoms with Gasteiger partial charge in [0.05, 0.1) is 6.61 Å². The lowest BCUT2D eigenvalue weighted by Crippen LogP contribution is -2.72. The van der Waals surface area contributed by atoms with Crippen LogP contribution in [0.2, 0.25) is 0 Å². The molecule has 1 aromatic carbocycles. The molecule has 2 aromatic rings. The highest BCUT2D eigenvalue weighted by atomic mass is 16.3. The van der Waals surface area contributed by atoms with Crippen LogP contribution in [0.15, 0.2) is 67.0 Å². The summed E-state index contributed by atoms with van der Waals surface area (Å²) in [6, 6.07) is 12.6. The third-order valence-electron chi connectivity index (χ3n) is 8.10. The molecule has 34 heavy (non-hydrogen) atoms. The summed E-state index contributed by atoms with van der Waals surface area (Å²) in [7, 11) is 0. The Bertz CT molecular complexity index is 1100. The summed E-state index contributed by atoms with van der Waals surface area (Å²) >= 11 is 0. The molecule has 2 fully saturated rings. The second kappa shape index (κ2) is 9.47. The lowest BCUT2D eigenvalue weighted by atomic mass is 9.60. The molecule has 5 nitrogen and oxygen atoms in total. The van der Waals surface area contributed by atoms with Gasteiger partial charge in [-0.1, -0.05) is 55.0 Å². The number of rotatable bonds is 4. The Hall–Kier alpha value is -2.76. The smallest absolute Gasteiger partial charge is 0.254 e. The number of aliphatic hydroxyl groups is 1. The monoisotopic (exact) mass is 457 g/mol. The van der Waals surface area contributed by atoms with Crippen LogP contribution in [0.25, 0.3) is 5.57 Å². The molecular formula is C29H35N3O2. The van der Waals surface area contributed by atoms with Gasteiger partial charge >= 0.3 is 0 Å². The van der Waals surface area contributed by atoms with Gasteiger partial charge in [0.15, 0.2) is 0 Å². The first-order valence-corrected chi connectivity index (χ1v) is 12.5. The molecule has 0 radical (unpaired) electrons. The number of hydrogen-bond acceptors (Lipinski definition) is 4. The molecule has 0 bridgehead atoms. The Morgan fingerprint density at radius 3 is 2.68 bits per heavy atom. The van der Waals surface area contributed by atoms with E-state index in [2.05, 4.69) is 66.2 Å². The minimum atomic E-state index is -0.0491. The molecule has 5 heteroatoms. The van der Waals surface area contributed by atoms with Crippen LogP contribution in [0.5, 0.6) is 0 Å². The molecule has 1 N–H and O–H groups in total. The van der Waals surface area contributed by atoms with Gasteiger partial charge in [-0.25, -0.2) is 0 Å². The molecule has 1 aromatic heterocycles. The number of fused-ring (bicyclic) bond motifs is 1. The Morgan fingerprint density at radius 2 is 1.97 bits per heavy atom. The SMILES string of the molecule is Cc1cccc(C2=CCC(C)([C@@H]3[C@@H](CO)N4CCCCN(C(=O)c5ccncc5)C[C@@H]34)C=C2)c1. The van der Waals surface area contributed by atoms with E-state index in [0.29, 0.717) is 18.0 Å². The van der Waals surface area contributed by atoms with Crippen LogP contribution in [0.3, 0.4) is 0 Å². The van der Waals surface area contributed by atoms with Crippen molar-refractivity contribution in [3.8, 4) is 0 Å². The molecule has 0 saturated carbocycles. The predicted molar refractivity (Wildman–Crippen MR) is 135 cm³/mol. The summed E-state index contributed by atoms with van der Waals surface area (Å²) < 4.78 is 0. The van der Waals surface area contributed by atoms with Gasteiger partial charge in [-0.15, -0.1) is 0 Å². The van der Waals surface area contributed by atoms with Gasteiger partial charge in [0.1, 0.15) is 0 Å². The lowest BCUT2D eigenvalue weighted by molar-refractivity contribution is -0.132. The van der Waals surface area contributed by atoms with E-state index in [1.807, 2.05) is 4.90 Å². The summed E-state index contributed by atoms with van der Waals surface area (Å²) in [5.74, 6) is 0.385. The summed E-state index contributed by atoms with van der Waals surface area (Å²) in [6.45, 7) is 7.10. The van der Waals surface area contributed by atoms with Crippen LogP contribution < -0.4 is 0 Å². The number of nitrogens with zero attached hydrogens (tertiary/aromatic N) is 3. The number of aryl methyl sites for hydroxylation is 1. The van der Waals surface area contributed by atoms with Crippen LogP contribution >= 0.6 is 0 Å². The fraction of sp³-hybridized carbons (Fsp3) is 0.448. The fourth-order valence-corrected chi connectivity index (χ4v) is 6.27. The van der Waals surface area contributed by atoms with Crippen molar-refractivity contribution in [3.05, 3.63) is 83.7 Å². The summed E-state index contributed by atoms with van der Waals surface area (Å²) in [5, 5.41) is 10.3. The van der Waals surface area contributed by atoms with E-state index in [1.165, 1.54) is 16.7 Å². The van der Waals surface area contributed by atoms with Gasteiger partial charge in [0.25, 0.3) is 5.91 Å². The molecule has 1 amide bonds. The number of allylic oxidation sites excluding steroid dienone is 4. The topological polar surface area (TPSA) is 56.7 Å². The summed E-state index contributed by atoms with van der Waals surface area (Å²) in [6.07, 6.45) is 13.3. The van der Waals surface area contributed by atoms with Crippen molar-refractivity contribution in [2.24, 2.45) is 11.3 Å². The van der Waals surface area contributed by atoms with Crippen LogP contribution in [-0.4, -0.2) is 64.1 Å². The van der Waals surface area contributed by atoms with Crippen molar-refractivity contribution in [1.82, 2.24) is 14.8 Å². The van der Waals surface area contributed by atoms with E-state index in [1.54, 1.807) is 24.5 Å². The third-order valence-corrected chi connectivity index (χ3v) is 8.10. The van der Waals surface area contributed by atoms with Gasteiger partial charge in [-0.05, 0) is 61.4 Å². The van der Waals surface area contributed by atoms with Crippen molar-refractivity contribution in [2.75, 3.05) is 26.2 Å². The Balaban J connectivity index is 1.38. The van der Waals surface area contributed by atoms with Crippen molar-refractivity contribution in [3.63, 3.8) is 0 Å². The van der Waals surface area contributed by atoms with Crippen LogP contribution in [0.4, 0.5) is 0 Å². The standard InChI is InChI=1S/C29H35N3O2/c1-21-6-5-7-24(18-21)22-8-12-29(2,13-9-22)27-25-19-31(28(34)23-10-14-30-15-11-23)16-3-4-17-32(25)26(27)20-33/h5-12,14-15,18,25-27,33H,3-4,13,16-17,19-20H2,1-2H3/t25-,26+,27-,29?/m0/s1. The average Bonchev–Trinajstić information content (AvgIpc) is 2.84. The zero-order valence-corrected chi connectivity index (χ0v) is 20.2. The largest absolute Gasteiger partial charge is 0.395 e. The highest BCUT2D eigenvalue weighted by Gasteiger charge is 2.55. The molecule has 1 unspecified atom stereocenters. The van der Waals surface area contributed by atoms with Crippen molar-refractivity contribution < 1.29 is 9.90 Å². The summed E-state index contributed by atoms with van der Waals surface area (Å²) in [4.78, 5) is 21.8. The van der Waals surface area contributed by atoms with Crippen molar-refractivity contribution >= 4 is 11.5 Å². The molecule has 1 aliphatic carbocycles. The summed E-state index contributed by atoms with van der Waals surface area (Å²) in [5.41, 5.74) is 4.44. The molecular weight excluding hydrogens is 422 g/mol. The second-order valence-electron chi connectivity index (χ2n) is 10.3. The lowest BCUT2D eigenvalue weighted by Gasteiger charge is -2.62. The van der Waals surface area contributed by atoms with E-state index < -0.39 is 0 Å². The quantitative estimate of drug-likeness (QED) is 0.742.